The summed E-state index contributed by atoms with van der Waals surface area (Å²) in [5, 5.41) is 8.22. The lowest BCUT2D eigenvalue weighted by atomic mass is 9.89. The average Bonchev–Trinajstić information content (AvgIpc) is 2.79. The zero-order valence-corrected chi connectivity index (χ0v) is 19.2. The summed E-state index contributed by atoms with van der Waals surface area (Å²) in [7, 11) is 0. The molecule has 0 unspecified atom stereocenters. The predicted octanol–water partition coefficient (Wildman–Crippen LogP) is 8.87. The van der Waals surface area contributed by atoms with Crippen LogP contribution in [0.1, 0.15) is 12.8 Å². The summed E-state index contributed by atoms with van der Waals surface area (Å²) in [5.74, 6) is -89.5. The van der Waals surface area contributed by atoms with Gasteiger partial charge in [-0.15, -0.1) is 0 Å². The fourth-order valence-electron chi connectivity index (χ4n) is 2.49. The molecule has 0 aliphatic heterocycles. The lowest BCUT2D eigenvalue weighted by Crippen LogP contribution is -2.70. The van der Waals surface area contributed by atoms with Crippen LogP contribution in [0, 0.1) is 0 Å². The molecule has 0 saturated carbocycles. The predicted molar refractivity (Wildman–Crippen MR) is 85.9 cm³/mol. The van der Waals surface area contributed by atoms with E-state index in [9.17, 15) is 110 Å². The minimum absolute atomic E-state index is 1.58. The van der Waals surface area contributed by atoms with E-state index in [4.69, 9.17) is 5.11 Å². The largest absolute Gasteiger partial charge is 0.460 e. The van der Waals surface area contributed by atoms with Gasteiger partial charge in [0.05, 0.1) is 0 Å². The molecule has 0 radical (unpaired) electrons. The third kappa shape index (κ3) is 5.76. The van der Waals surface area contributed by atoms with Crippen LogP contribution in [0.3, 0.4) is 0 Å². The Bertz CT molecular complexity index is 1000. The van der Waals surface area contributed by atoms with Crippen LogP contribution < -0.4 is 0 Å². The van der Waals surface area contributed by atoms with Crippen LogP contribution >= 0.6 is 0 Å². The quantitative estimate of drug-likeness (QED) is 0.142. The number of rotatable bonds is 14. The Hall–Kier alpha value is -2.05. The third-order valence-corrected chi connectivity index (χ3v) is 5.17. The van der Waals surface area contributed by atoms with E-state index in [0.717, 1.165) is 0 Å². The smallest absolute Gasteiger partial charge is 0.396 e. The molecule has 258 valence electrons. The second-order valence-electron chi connectivity index (χ2n) is 8.20. The first-order valence-corrected chi connectivity index (χ1v) is 9.81. The van der Waals surface area contributed by atoms with Gasteiger partial charge in [-0.05, 0) is 18.6 Å². The van der Waals surface area contributed by atoms with E-state index in [0.29, 0.717) is 0 Å². The highest BCUT2D eigenvalue weighted by Crippen LogP contribution is 2.63. The highest BCUT2D eigenvalue weighted by atomic mass is 19.4. The van der Waals surface area contributed by atoms with E-state index in [1.165, 1.54) is 0 Å². The fourth-order valence-corrected chi connectivity index (χ4v) is 2.49. The first-order chi connectivity index (χ1) is 18.3. The molecular weight excluding hydrogens is 695 g/mol. The number of aliphatic hydroxyl groups is 1. The van der Waals surface area contributed by atoms with Gasteiger partial charge in [0.15, 0.2) is 0 Å². The number of hydrogen-bond donors (Lipinski definition) is 1. The molecule has 0 fully saturated rings. The summed E-state index contributed by atoms with van der Waals surface area (Å²) < 4.78 is 331. The standard InChI is InChI=1S/C17H9F25O/c18-6(19,2-1-5-43)9(24,25)12(30,31)13(32,33)10(26,27)7(20,21)3-4-8(22,23)11(28,29)14(34,35)15(36,37)16(38,39)17(40,41)42/h3-4,43H,1-2,5H2. The van der Waals surface area contributed by atoms with Crippen LogP contribution in [-0.2, 0) is 0 Å². The molecule has 0 aliphatic rings. The van der Waals surface area contributed by atoms with Gasteiger partial charge in [0.1, 0.15) is 0 Å². The second-order valence-corrected chi connectivity index (χ2v) is 8.20. The normalized spacial score (nSPS) is 16.8. The molecule has 0 aromatic heterocycles. The number of halogens is 25. The second kappa shape index (κ2) is 10.8. The molecule has 0 aromatic carbocycles. The van der Waals surface area contributed by atoms with Crippen molar-refractivity contribution in [3.05, 3.63) is 12.2 Å². The van der Waals surface area contributed by atoms with Gasteiger partial charge in [0, 0.05) is 13.0 Å². The summed E-state index contributed by atoms with van der Waals surface area (Å²) >= 11 is 0. The summed E-state index contributed by atoms with van der Waals surface area (Å²) in [6, 6.07) is 0. The maximum absolute atomic E-state index is 13.7. The van der Waals surface area contributed by atoms with E-state index < -0.39 is 103 Å². The molecule has 26 heteroatoms. The SMILES string of the molecule is OCCCC(F)(F)C(F)(F)C(F)(F)C(F)(F)C(F)(F)C(F)(F)C=CC(F)(F)C(F)(F)C(F)(F)C(F)(F)C(F)(F)C(F)(F)F. The van der Waals surface area contributed by atoms with Crippen LogP contribution in [0.2, 0.25) is 0 Å². The molecule has 0 heterocycles. The van der Waals surface area contributed by atoms with E-state index in [1.54, 1.807) is 0 Å². The number of alkyl halides is 25. The van der Waals surface area contributed by atoms with Gasteiger partial charge in [-0.3, -0.25) is 0 Å². The Morgan fingerprint density at radius 3 is 0.860 bits per heavy atom. The zero-order chi connectivity index (χ0) is 35.5. The first-order valence-electron chi connectivity index (χ1n) is 9.81. The number of hydrogen-bond acceptors (Lipinski definition) is 1. The van der Waals surface area contributed by atoms with Crippen molar-refractivity contribution >= 4 is 0 Å². The lowest BCUT2D eigenvalue weighted by molar-refractivity contribution is -0.436. The van der Waals surface area contributed by atoms with Crippen LogP contribution in [0.5, 0.6) is 0 Å². The van der Waals surface area contributed by atoms with Crippen molar-refractivity contribution < 1.29 is 115 Å². The Balaban J connectivity index is 6.89. The third-order valence-electron chi connectivity index (χ3n) is 5.17. The maximum Gasteiger partial charge on any atom is 0.460 e. The minimum atomic E-state index is -8.72. The Labute approximate surface area is 219 Å². The minimum Gasteiger partial charge on any atom is -0.396 e. The van der Waals surface area contributed by atoms with E-state index >= 15 is 0 Å². The fraction of sp³-hybridized carbons (Fsp3) is 0.882. The Morgan fingerprint density at radius 1 is 0.349 bits per heavy atom. The Kier molecular flexibility index (Phi) is 10.3. The van der Waals surface area contributed by atoms with Crippen molar-refractivity contribution in [2.75, 3.05) is 6.61 Å². The van der Waals surface area contributed by atoms with Gasteiger partial charge in [-0.1, -0.05) is 0 Å². The van der Waals surface area contributed by atoms with E-state index in [1.807, 2.05) is 0 Å². The molecule has 0 rings (SSSR count). The van der Waals surface area contributed by atoms with Gasteiger partial charge >= 0.3 is 71.3 Å². The summed E-state index contributed by atoms with van der Waals surface area (Å²) in [4.78, 5) is 0. The monoisotopic (exact) mass is 704 g/mol. The molecule has 0 saturated heterocycles. The number of allylic oxidation sites excluding steroid dienone is 2. The highest BCUT2D eigenvalue weighted by Gasteiger charge is 2.92. The van der Waals surface area contributed by atoms with E-state index in [2.05, 4.69) is 0 Å². The summed E-state index contributed by atoms with van der Waals surface area (Å²) in [5.41, 5.74) is 0. The molecule has 0 aromatic rings. The van der Waals surface area contributed by atoms with Crippen molar-refractivity contribution in [3.63, 3.8) is 0 Å². The van der Waals surface area contributed by atoms with Gasteiger partial charge < -0.3 is 5.11 Å². The molecule has 1 nitrogen and oxygen atoms in total. The molecule has 0 amide bonds. The molecule has 0 aliphatic carbocycles. The van der Waals surface area contributed by atoms with E-state index in [-0.39, 0.29) is 0 Å². The molecule has 0 atom stereocenters. The van der Waals surface area contributed by atoms with Crippen molar-refractivity contribution in [3.8, 4) is 0 Å². The Morgan fingerprint density at radius 2 is 0.605 bits per heavy atom. The molecule has 0 bridgehead atoms. The van der Waals surface area contributed by atoms with Gasteiger partial charge in [-0.2, -0.15) is 110 Å². The van der Waals surface area contributed by atoms with Gasteiger partial charge in [-0.25, -0.2) is 0 Å². The molecule has 43 heavy (non-hydrogen) atoms. The van der Waals surface area contributed by atoms with Gasteiger partial charge in [0.25, 0.3) is 0 Å². The zero-order valence-electron chi connectivity index (χ0n) is 19.2. The van der Waals surface area contributed by atoms with Crippen molar-refractivity contribution in [2.45, 2.75) is 84.2 Å². The van der Waals surface area contributed by atoms with Gasteiger partial charge in [0.2, 0.25) is 0 Å². The van der Waals surface area contributed by atoms with Crippen LogP contribution in [0.4, 0.5) is 110 Å². The topological polar surface area (TPSA) is 20.2 Å². The van der Waals surface area contributed by atoms with Crippen LogP contribution in [-0.4, -0.2) is 83.0 Å². The molecule has 1 N–H and O–H groups in total. The summed E-state index contributed by atoms with van der Waals surface area (Å²) in [6.07, 6.45) is -18.3. The van der Waals surface area contributed by atoms with Crippen molar-refractivity contribution in [2.24, 2.45) is 0 Å². The molecule has 0 spiro atoms. The highest BCUT2D eigenvalue weighted by molar-refractivity contribution is 5.20. The van der Waals surface area contributed by atoms with Crippen LogP contribution in [0.25, 0.3) is 0 Å². The van der Waals surface area contributed by atoms with Crippen LogP contribution in [0.15, 0.2) is 12.2 Å². The maximum atomic E-state index is 13.7. The number of aliphatic hydroxyl groups excluding tert-OH is 1. The van der Waals surface area contributed by atoms with Crippen molar-refractivity contribution in [1.29, 1.82) is 0 Å². The summed E-state index contributed by atoms with van der Waals surface area (Å²) in [6.45, 7) is -1.58. The molecular formula is C17H9F25O. The lowest BCUT2D eigenvalue weighted by Gasteiger charge is -2.41. The van der Waals surface area contributed by atoms with Crippen molar-refractivity contribution in [1.82, 2.24) is 0 Å². The first kappa shape index (κ1) is 41.0. The average molecular weight is 704 g/mol.